The van der Waals surface area contributed by atoms with Crippen molar-refractivity contribution in [2.75, 3.05) is 31.3 Å². The quantitative estimate of drug-likeness (QED) is 0.366. The zero-order chi connectivity index (χ0) is 23.5. The molecule has 0 radical (unpaired) electrons. The van der Waals surface area contributed by atoms with Gasteiger partial charge in [-0.3, -0.25) is 9.59 Å². The number of fused-ring (bicyclic) bond motifs is 1. The zero-order valence-corrected chi connectivity index (χ0v) is 20.3. The molecular weight excluding hydrogens is 463 g/mol. The number of nitrogens with zero attached hydrogens (tertiary/aromatic N) is 4. The van der Waals surface area contributed by atoms with E-state index in [1.165, 1.54) is 18.4 Å². The molecule has 3 aromatic rings. The minimum absolute atomic E-state index is 0.142. The van der Waals surface area contributed by atoms with Gasteiger partial charge in [-0.2, -0.15) is 10.1 Å². The Balaban J connectivity index is 1.55. The second-order valence-electron chi connectivity index (χ2n) is 8.21. The van der Waals surface area contributed by atoms with Crippen molar-refractivity contribution < 1.29 is 19.3 Å². The number of aryl methyl sites for hydroxylation is 1. The molecule has 1 saturated heterocycles. The van der Waals surface area contributed by atoms with Crippen molar-refractivity contribution in [2.24, 2.45) is 5.92 Å². The number of ketones is 1. The van der Waals surface area contributed by atoms with E-state index in [0.29, 0.717) is 33.5 Å². The number of piperidine rings is 1. The Morgan fingerprint density at radius 1 is 1.30 bits per heavy atom. The average Bonchev–Trinajstić information content (AvgIpc) is 3.25. The summed E-state index contributed by atoms with van der Waals surface area (Å²) in [6.45, 7) is 3.37. The van der Waals surface area contributed by atoms with Crippen LogP contribution in [0.25, 0.3) is 10.8 Å². The van der Waals surface area contributed by atoms with E-state index < -0.39 is 13.9 Å². The first kappa shape index (κ1) is 23.8. The summed E-state index contributed by atoms with van der Waals surface area (Å²) >= 11 is 1.40. The molecule has 0 saturated carbocycles. The fourth-order valence-electron chi connectivity index (χ4n) is 4.13. The van der Waals surface area contributed by atoms with Gasteiger partial charge in [-0.05, 0) is 50.3 Å². The topological polar surface area (TPSA) is 118 Å². The number of pyridine rings is 1. The van der Waals surface area contributed by atoms with Crippen LogP contribution in [0, 0.1) is 12.8 Å². The fraction of sp³-hybridized carbons (Fsp3) is 0.455. The lowest BCUT2D eigenvalue weighted by Gasteiger charge is -2.33. The Bertz CT molecular complexity index is 1200. The summed E-state index contributed by atoms with van der Waals surface area (Å²) in [5.41, 5.74) is -0.409. The van der Waals surface area contributed by atoms with Gasteiger partial charge >= 0.3 is 0 Å². The van der Waals surface area contributed by atoms with Crippen molar-refractivity contribution in [1.29, 1.82) is 0 Å². The van der Waals surface area contributed by atoms with E-state index in [1.807, 2.05) is 19.1 Å². The van der Waals surface area contributed by atoms with Crippen LogP contribution in [-0.4, -0.2) is 56.7 Å². The minimum Gasteiger partial charge on any atom is -0.480 e. The van der Waals surface area contributed by atoms with E-state index in [-0.39, 0.29) is 18.2 Å². The molecule has 1 aliphatic rings. The molecule has 1 fully saturated rings. The van der Waals surface area contributed by atoms with E-state index in [0.717, 1.165) is 41.9 Å². The van der Waals surface area contributed by atoms with Crippen LogP contribution in [-0.2, 0) is 6.54 Å². The first-order valence-corrected chi connectivity index (χ1v) is 13.1. The van der Waals surface area contributed by atoms with Crippen molar-refractivity contribution in [3.8, 4) is 5.88 Å². The molecule has 0 aliphatic carbocycles. The highest BCUT2D eigenvalue weighted by molar-refractivity contribution is 7.45. The highest BCUT2D eigenvalue weighted by Crippen LogP contribution is 2.32. The van der Waals surface area contributed by atoms with E-state index >= 15 is 0 Å². The summed E-state index contributed by atoms with van der Waals surface area (Å²) in [6.07, 6.45) is 4.72. The summed E-state index contributed by atoms with van der Waals surface area (Å²) in [5, 5.41) is 5.16. The second-order valence-corrected chi connectivity index (χ2v) is 10.7. The number of ether oxygens (including phenoxy) is 1. The Hall–Kier alpha value is -2.39. The molecule has 33 heavy (non-hydrogen) atoms. The first-order chi connectivity index (χ1) is 15.9. The molecule has 0 bridgehead atoms. The van der Waals surface area contributed by atoms with Crippen LogP contribution in [0.2, 0.25) is 0 Å². The number of methoxy groups -OCH3 is 1. The lowest BCUT2D eigenvalue weighted by Crippen LogP contribution is -2.34. The van der Waals surface area contributed by atoms with Gasteiger partial charge in [0.15, 0.2) is 14.2 Å². The Kier molecular flexibility index (Phi) is 7.38. The lowest BCUT2D eigenvalue weighted by molar-refractivity contribution is 0.0970. The van der Waals surface area contributed by atoms with Gasteiger partial charge in [0.05, 0.1) is 18.2 Å². The van der Waals surface area contributed by atoms with E-state index in [2.05, 4.69) is 15.0 Å². The molecule has 9 nitrogen and oxygen atoms in total. The lowest BCUT2D eigenvalue weighted by atomic mass is 9.94. The molecule has 0 unspecified atom stereocenters. The molecular formula is C22H27N4O5PS. The van der Waals surface area contributed by atoms with Crippen LogP contribution < -0.4 is 15.2 Å². The van der Waals surface area contributed by atoms with Crippen molar-refractivity contribution in [2.45, 2.75) is 32.7 Å². The van der Waals surface area contributed by atoms with Gasteiger partial charge < -0.3 is 19.4 Å². The maximum atomic E-state index is 13.1. The average molecular weight is 491 g/mol. The number of anilines is 1. The molecule has 11 heteroatoms. The number of Topliss-reactive ketones (excluding diaryl/α,β-unsaturated/α-hetero) is 1. The van der Waals surface area contributed by atoms with Gasteiger partial charge in [0.1, 0.15) is 17.7 Å². The van der Waals surface area contributed by atoms with E-state index in [4.69, 9.17) is 14.5 Å². The number of carbonyl (C=O) groups excluding carboxylic acids is 1. The molecule has 0 spiro atoms. The first-order valence-electron chi connectivity index (χ1n) is 10.8. The summed E-state index contributed by atoms with van der Waals surface area (Å²) in [7, 11) is -0.356. The van der Waals surface area contributed by atoms with Crippen LogP contribution >= 0.6 is 19.7 Å². The monoisotopic (exact) mass is 490 g/mol. The van der Waals surface area contributed by atoms with Crippen LogP contribution in [0.5, 0.6) is 5.88 Å². The normalized spacial score (nSPS) is 14.9. The van der Waals surface area contributed by atoms with Gasteiger partial charge in [-0.1, -0.05) is 0 Å². The van der Waals surface area contributed by atoms with Crippen LogP contribution in [0.4, 0.5) is 5.82 Å². The molecule has 4 rings (SSSR count). The fourth-order valence-corrected chi connectivity index (χ4v) is 5.52. The molecule has 4 heterocycles. The van der Waals surface area contributed by atoms with Gasteiger partial charge in [-0.15, -0.1) is 11.3 Å². The van der Waals surface area contributed by atoms with Gasteiger partial charge in [-0.25, -0.2) is 4.68 Å². The largest absolute Gasteiger partial charge is 0.480 e. The summed E-state index contributed by atoms with van der Waals surface area (Å²) in [5.74, 6) is 1.24. The molecule has 1 aliphatic heterocycles. The number of rotatable bonds is 8. The van der Waals surface area contributed by atoms with E-state index in [1.54, 1.807) is 12.3 Å². The van der Waals surface area contributed by atoms with E-state index in [9.17, 15) is 9.59 Å². The maximum Gasteiger partial charge on any atom is 0.280 e. The van der Waals surface area contributed by atoms with Crippen LogP contribution in [0.1, 0.15) is 33.8 Å². The number of thiophene rings is 1. The third kappa shape index (κ3) is 5.41. The van der Waals surface area contributed by atoms with Gasteiger partial charge in [0.2, 0.25) is 5.88 Å². The van der Waals surface area contributed by atoms with Crippen molar-refractivity contribution >= 4 is 42.1 Å². The van der Waals surface area contributed by atoms with Crippen LogP contribution in [0.15, 0.2) is 29.2 Å². The Morgan fingerprint density at radius 2 is 2.06 bits per heavy atom. The van der Waals surface area contributed by atoms with Crippen LogP contribution in [0.3, 0.4) is 0 Å². The predicted molar refractivity (Wildman–Crippen MR) is 130 cm³/mol. The number of aromatic nitrogens is 3. The molecule has 3 aromatic heterocycles. The third-order valence-electron chi connectivity index (χ3n) is 5.97. The maximum absolute atomic E-state index is 13.1. The SMILES string of the molecule is COc1nc(N2CCC(CCP(O)O)CC2)cc2cnn(CC(=O)c3ccc(C)s3)c(=O)c12. The molecule has 0 amide bonds. The molecule has 176 valence electrons. The number of hydrogen-bond donors (Lipinski definition) is 2. The molecule has 0 aromatic carbocycles. The Labute approximate surface area is 196 Å². The van der Waals surface area contributed by atoms with Gasteiger partial charge in [0, 0.05) is 29.5 Å². The van der Waals surface area contributed by atoms with Gasteiger partial charge in [0.25, 0.3) is 5.56 Å². The number of hydrogen-bond acceptors (Lipinski definition) is 9. The van der Waals surface area contributed by atoms with Crippen molar-refractivity contribution in [1.82, 2.24) is 14.8 Å². The molecule has 0 atom stereocenters. The third-order valence-corrected chi connectivity index (χ3v) is 7.67. The second kappa shape index (κ2) is 10.3. The zero-order valence-electron chi connectivity index (χ0n) is 18.6. The Morgan fingerprint density at radius 3 is 2.70 bits per heavy atom. The summed E-state index contributed by atoms with van der Waals surface area (Å²) < 4.78 is 6.62. The minimum atomic E-state index is -1.83. The molecule has 2 N–H and O–H groups in total. The number of carbonyl (C=O) groups is 1. The summed E-state index contributed by atoms with van der Waals surface area (Å²) in [6, 6.07) is 5.48. The predicted octanol–water partition coefficient (Wildman–Crippen LogP) is 2.96. The van der Waals surface area contributed by atoms with Crippen molar-refractivity contribution in [3.05, 3.63) is 44.5 Å². The highest BCUT2D eigenvalue weighted by Gasteiger charge is 2.23. The van der Waals surface area contributed by atoms with Crippen molar-refractivity contribution in [3.63, 3.8) is 0 Å². The summed E-state index contributed by atoms with van der Waals surface area (Å²) in [4.78, 5) is 52.4. The smallest absolute Gasteiger partial charge is 0.280 e. The standard InChI is InChI=1S/C22H27N4O5PS/c1-14-3-4-18(33-14)17(27)13-26-22(28)20-16(12-23-26)11-19(24-21(20)31-2)25-8-5-15(6-9-25)7-10-32(29)30/h3-4,11-12,15,29-30H,5-10,13H2,1-2H3. The highest BCUT2D eigenvalue weighted by atomic mass is 32.1.